The van der Waals surface area contributed by atoms with Crippen LogP contribution in [0.4, 0.5) is 0 Å². The van der Waals surface area contributed by atoms with Crippen LogP contribution < -0.4 is 5.73 Å². The van der Waals surface area contributed by atoms with Crippen molar-refractivity contribution in [3.63, 3.8) is 0 Å². The minimum atomic E-state index is -0.469. The van der Waals surface area contributed by atoms with Crippen LogP contribution in [0.2, 0.25) is 0 Å². The Morgan fingerprint density at radius 1 is 0.971 bits per heavy atom. The van der Waals surface area contributed by atoms with Gasteiger partial charge in [0.15, 0.2) is 0 Å². The van der Waals surface area contributed by atoms with Gasteiger partial charge in [0.05, 0.1) is 13.0 Å². The molecule has 6 nitrogen and oxygen atoms in total. The zero-order chi connectivity index (χ0) is 24.1. The van der Waals surface area contributed by atoms with Gasteiger partial charge < -0.3 is 15.4 Å². The Morgan fingerprint density at radius 2 is 1.59 bits per heavy atom. The molecule has 174 valence electrons. The summed E-state index contributed by atoms with van der Waals surface area (Å²) in [5.41, 5.74) is 9.88. The zero-order valence-corrected chi connectivity index (χ0v) is 19.2. The number of nitrogens with zero attached hydrogens (tertiary/aromatic N) is 1. The van der Waals surface area contributed by atoms with Crippen LogP contribution >= 0.6 is 0 Å². The van der Waals surface area contributed by atoms with Crippen molar-refractivity contribution in [1.29, 1.82) is 5.41 Å². The molecule has 0 saturated carbocycles. The second kappa shape index (κ2) is 10.3. The van der Waals surface area contributed by atoms with Crippen LogP contribution in [0.5, 0.6) is 0 Å². The number of carbonyl (C=O) groups excluding carboxylic acids is 2. The van der Waals surface area contributed by atoms with Gasteiger partial charge in [0.2, 0.25) is 0 Å². The molecule has 2 atom stereocenters. The molecule has 1 aliphatic heterocycles. The molecule has 6 heteroatoms. The van der Waals surface area contributed by atoms with Gasteiger partial charge in [-0.3, -0.25) is 15.0 Å². The van der Waals surface area contributed by atoms with Crippen LogP contribution in [0, 0.1) is 11.3 Å². The van der Waals surface area contributed by atoms with Crippen molar-refractivity contribution < 1.29 is 14.3 Å². The fourth-order valence-electron chi connectivity index (χ4n) is 4.67. The average molecular weight is 456 g/mol. The van der Waals surface area contributed by atoms with E-state index in [2.05, 4.69) is 0 Å². The minimum absolute atomic E-state index is 0.00177. The molecule has 0 aliphatic carbocycles. The molecular weight excluding hydrogens is 426 g/mol. The van der Waals surface area contributed by atoms with Gasteiger partial charge in [0.1, 0.15) is 5.84 Å². The first-order chi connectivity index (χ1) is 16.5. The van der Waals surface area contributed by atoms with Crippen molar-refractivity contribution in [2.24, 2.45) is 11.7 Å². The summed E-state index contributed by atoms with van der Waals surface area (Å²) in [6.45, 7) is 0.612. The van der Waals surface area contributed by atoms with Crippen LogP contribution in [-0.4, -0.2) is 42.3 Å². The van der Waals surface area contributed by atoms with Gasteiger partial charge >= 0.3 is 5.97 Å². The van der Waals surface area contributed by atoms with Crippen molar-refractivity contribution in [2.45, 2.75) is 25.3 Å². The molecule has 1 heterocycles. The number of carbonyl (C=O) groups is 2. The lowest BCUT2D eigenvalue weighted by Gasteiger charge is -2.30. The third kappa shape index (κ3) is 5.01. The van der Waals surface area contributed by atoms with E-state index < -0.39 is 5.92 Å². The first-order valence-corrected chi connectivity index (χ1v) is 11.5. The van der Waals surface area contributed by atoms with E-state index in [1.807, 2.05) is 71.6 Å². The van der Waals surface area contributed by atoms with E-state index in [4.69, 9.17) is 15.9 Å². The molecular formula is C28H29N3O3. The van der Waals surface area contributed by atoms with E-state index in [0.29, 0.717) is 24.1 Å². The minimum Gasteiger partial charge on any atom is -0.469 e. The highest BCUT2D eigenvalue weighted by Gasteiger charge is 2.39. The number of benzene rings is 3. The van der Waals surface area contributed by atoms with Gasteiger partial charge in [-0.1, -0.05) is 66.7 Å². The average Bonchev–Trinajstić information content (AvgIpc) is 3.37. The number of amides is 1. The molecule has 1 saturated heterocycles. The Morgan fingerprint density at radius 3 is 2.21 bits per heavy atom. The van der Waals surface area contributed by atoms with Crippen molar-refractivity contribution in [3.05, 3.63) is 95.6 Å². The van der Waals surface area contributed by atoms with Gasteiger partial charge in [-0.05, 0) is 48.1 Å². The highest BCUT2D eigenvalue weighted by atomic mass is 16.5. The lowest BCUT2D eigenvalue weighted by Crippen LogP contribution is -2.44. The molecule has 1 aliphatic rings. The molecule has 3 N–H and O–H groups in total. The molecule has 0 spiro atoms. The number of nitrogen functional groups attached to an aromatic ring is 1. The van der Waals surface area contributed by atoms with E-state index in [1.54, 1.807) is 12.1 Å². The van der Waals surface area contributed by atoms with Crippen LogP contribution in [0.25, 0.3) is 11.1 Å². The summed E-state index contributed by atoms with van der Waals surface area (Å²) in [5, 5.41) is 7.56. The van der Waals surface area contributed by atoms with E-state index in [-0.39, 0.29) is 23.8 Å². The summed E-state index contributed by atoms with van der Waals surface area (Å²) < 4.78 is 5.13. The number of amidine groups is 1. The predicted molar refractivity (Wildman–Crippen MR) is 133 cm³/mol. The summed E-state index contributed by atoms with van der Waals surface area (Å²) in [6, 6.07) is 24.7. The van der Waals surface area contributed by atoms with Crippen molar-refractivity contribution in [1.82, 2.24) is 4.90 Å². The number of hydrogen-bond acceptors (Lipinski definition) is 4. The van der Waals surface area contributed by atoms with Crippen LogP contribution in [0.3, 0.4) is 0 Å². The molecule has 0 aromatic heterocycles. The monoisotopic (exact) mass is 455 g/mol. The Balaban J connectivity index is 1.54. The smallest absolute Gasteiger partial charge is 0.311 e. The number of rotatable bonds is 7. The molecule has 4 rings (SSSR count). The number of likely N-dealkylation sites (tertiary alicyclic amines) is 1. The quantitative estimate of drug-likeness (QED) is 0.316. The van der Waals surface area contributed by atoms with Crippen LogP contribution in [0.1, 0.15) is 34.3 Å². The normalized spacial score (nSPS) is 16.1. The maximum atomic E-state index is 13.4. The molecule has 1 fully saturated rings. The second-order valence-electron chi connectivity index (χ2n) is 8.60. The Hall–Kier alpha value is -3.93. The third-order valence-corrected chi connectivity index (χ3v) is 6.49. The number of ether oxygens (including phenoxy) is 1. The maximum Gasteiger partial charge on any atom is 0.311 e. The highest BCUT2D eigenvalue weighted by molar-refractivity contribution is 5.96. The first-order valence-electron chi connectivity index (χ1n) is 11.5. The van der Waals surface area contributed by atoms with E-state index in [9.17, 15) is 9.59 Å². The number of nitrogens with two attached hydrogens (primary N) is 1. The van der Waals surface area contributed by atoms with E-state index in [1.165, 1.54) is 7.11 Å². The van der Waals surface area contributed by atoms with Gasteiger partial charge in [-0.25, -0.2) is 0 Å². The van der Waals surface area contributed by atoms with E-state index in [0.717, 1.165) is 29.5 Å². The first kappa shape index (κ1) is 23.2. The Labute approximate surface area is 199 Å². The topological polar surface area (TPSA) is 96.5 Å². The summed E-state index contributed by atoms with van der Waals surface area (Å²) in [4.78, 5) is 28.0. The van der Waals surface area contributed by atoms with Crippen molar-refractivity contribution >= 4 is 17.7 Å². The molecule has 0 bridgehead atoms. The Kier molecular flexibility index (Phi) is 7.07. The van der Waals surface area contributed by atoms with Gasteiger partial charge in [-0.2, -0.15) is 0 Å². The molecule has 3 aromatic carbocycles. The number of hydrogen-bond donors (Lipinski definition) is 2. The molecule has 2 unspecified atom stereocenters. The van der Waals surface area contributed by atoms with Gasteiger partial charge in [0, 0.05) is 23.7 Å². The number of esters is 1. The maximum absolute atomic E-state index is 13.4. The summed E-state index contributed by atoms with van der Waals surface area (Å²) in [5.74, 6) is -0.854. The summed E-state index contributed by atoms with van der Waals surface area (Å²) in [6.07, 6.45) is 2.04. The predicted octanol–water partition coefficient (Wildman–Crippen LogP) is 4.27. The van der Waals surface area contributed by atoms with Gasteiger partial charge in [-0.15, -0.1) is 0 Å². The number of methoxy groups -OCH3 is 1. The fraction of sp³-hybridized carbons (Fsp3) is 0.250. The second-order valence-corrected chi connectivity index (χ2v) is 8.60. The summed E-state index contributed by atoms with van der Waals surface area (Å²) >= 11 is 0. The summed E-state index contributed by atoms with van der Waals surface area (Å²) in [7, 11) is 1.39. The molecule has 0 radical (unpaired) electrons. The molecule has 34 heavy (non-hydrogen) atoms. The third-order valence-electron chi connectivity index (χ3n) is 6.49. The zero-order valence-electron chi connectivity index (χ0n) is 19.2. The van der Waals surface area contributed by atoms with Gasteiger partial charge in [0.25, 0.3) is 5.91 Å². The van der Waals surface area contributed by atoms with E-state index >= 15 is 0 Å². The van der Waals surface area contributed by atoms with Crippen molar-refractivity contribution in [2.75, 3.05) is 13.7 Å². The van der Waals surface area contributed by atoms with Crippen LogP contribution in [0.15, 0.2) is 78.9 Å². The lowest BCUT2D eigenvalue weighted by molar-refractivity contribution is -0.147. The lowest BCUT2D eigenvalue weighted by atomic mass is 9.90. The van der Waals surface area contributed by atoms with Crippen LogP contribution in [-0.2, 0) is 16.0 Å². The highest BCUT2D eigenvalue weighted by Crippen LogP contribution is 2.30. The largest absolute Gasteiger partial charge is 0.469 e. The standard InChI is InChI=1S/C28H29N3O3/c1-34-28(33)24(18-19-9-11-22(12-10-19)26(29)30)25-8-5-17-31(25)27(32)23-15-13-21(14-16-23)20-6-3-2-4-7-20/h2-4,6-7,9-16,24-25H,5,8,17-18H2,1H3,(H3,29,30). The number of nitrogens with one attached hydrogen (secondary N) is 1. The van der Waals surface area contributed by atoms with Crippen molar-refractivity contribution in [3.8, 4) is 11.1 Å². The molecule has 3 aromatic rings. The SMILES string of the molecule is COC(=O)C(Cc1ccc(C(=N)N)cc1)C1CCCN1C(=O)c1ccc(-c2ccccc2)cc1. The Bertz CT molecular complexity index is 1160. The molecule has 1 amide bonds. The fourth-order valence-corrected chi connectivity index (χ4v) is 4.67.